The number of fused-ring (bicyclic) bond motifs is 1. The number of halogens is 1. The lowest BCUT2D eigenvalue weighted by Crippen LogP contribution is -2.54. The first-order valence-electron chi connectivity index (χ1n) is 15.3. The van der Waals surface area contributed by atoms with Crippen molar-refractivity contribution in [3.63, 3.8) is 0 Å². The van der Waals surface area contributed by atoms with Crippen LogP contribution in [0.3, 0.4) is 0 Å². The van der Waals surface area contributed by atoms with Gasteiger partial charge in [0, 0.05) is 49.0 Å². The number of aromatic amines is 1. The highest BCUT2D eigenvalue weighted by atomic mass is 19.1. The number of ether oxygens (including phenoxy) is 2. The van der Waals surface area contributed by atoms with Crippen LogP contribution in [0.1, 0.15) is 68.9 Å². The lowest BCUT2D eigenvalue weighted by molar-refractivity contribution is -0.0718. The van der Waals surface area contributed by atoms with Crippen LogP contribution in [0, 0.1) is 12.7 Å². The highest BCUT2D eigenvalue weighted by molar-refractivity contribution is 5.85. The molecule has 4 aromatic rings. The van der Waals surface area contributed by atoms with E-state index in [4.69, 9.17) is 14.5 Å². The minimum absolute atomic E-state index is 0.138. The van der Waals surface area contributed by atoms with Crippen LogP contribution in [0.2, 0.25) is 0 Å². The molecule has 2 aliphatic heterocycles. The molecule has 0 bridgehead atoms. The molecular weight excluding hydrogens is 561 g/mol. The molecule has 2 aromatic heterocycles. The smallest absolute Gasteiger partial charge is 0.410 e. The van der Waals surface area contributed by atoms with Gasteiger partial charge in [-0.15, -0.1) is 0 Å². The molecule has 2 fully saturated rings. The topological polar surface area (TPSA) is 104 Å². The van der Waals surface area contributed by atoms with Crippen LogP contribution in [-0.4, -0.2) is 74.1 Å². The monoisotopic (exact) mass is 601 g/mol. The molecule has 0 aliphatic carbocycles. The van der Waals surface area contributed by atoms with E-state index in [1.165, 1.54) is 6.07 Å². The lowest BCUT2D eigenvalue weighted by atomic mass is 9.88. The third kappa shape index (κ3) is 6.14. The van der Waals surface area contributed by atoms with Crippen molar-refractivity contribution < 1.29 is 23.8 Å². The molecule has 9 nitrogen and oxygen atoms in total. The molecule has 0 saturated carbocycles. The van der Waals surface area contributed by atoms with E-state index in [-0.39, 0.29) is 35.6 Å². The van der Waals surface area contributed by atoms with Gasteiger partial charge in [0.25, 0.3) is 0 Å². The second kappa shape index (κ2) is 12.2. The average Bonchev–Trinajstić information content (AvgIpc) is 3.38. The summed E-state index contributed by atoms with van der Waals surface area (Å²) in [5.74, 6) is -0.709. The van der Waals surface area contributed by atoms with Crippen LogP contribution >= 0.6 is 0 Å². The number of nitrogens with zero attached hydrogens (tertiary/aromatic N) is 4. The first-order chi connectivity index (χ1) is 21.1. The zero-order chi connectivity index (χ0) is 31.0. The number of hydrogen-bond acceptors (Lipinski definition) is 7. The molecule has 2 saturated heterocycles. The predicted molar refractivity (Wildman–Crippen MR) is 166 cm³/mol. The van der Waals surface area contributed by atoms with Crippen LogP contribution in [0.25, 0.3) is 22.3 Å². The molecule has 44 heavy (non-hydrogen) atoms. The number of rotatable bonds is 5. The van der Waals surface area contributed by atoms with Gasteiger partial charge in [-0.2, -0.15) is 5.10 Å². The summed E-state index contributed by atoms with van der Waals surface area (Å²) in [6.45, 7) is 9.77. The average molecular weight is 602 g/mol. The molecule has 0 radical (unpaired) electrons. The molecule has 232 valence electrons. The van der Waals surface area contributed by atoms with Gasteiger partial charge < -0.3 is 19.5 Å². The quantitative estimate of drug-likeness (QED) is 0.263. The normalized spacial score (nSPS) is 20.5. The van der Waals surface area contributed by atoms with E-state index in [1.807, 2.05) is 52.0 Å². The van der Waals surface area contributed by atoms with Crippen LogP contribution < -0.4 is 0 Å². The maximum Gasteiger partial charge on any atom is 0.410 e. The van der Waals surface area contributed by atoms with Crippen LogP contribution in [0.5, 0.6) is 5.75 Å². The number of aromatic hydroxyl groups is 1. The van der Waals surface area contributed by atoms with Crippen LogP contribution in [0.4, 0.5) is 9.18 Å². The van der Waals surface area contributed by atoms with E-state index >= 15 is 4.39 Å². The van der Waals surface area contributed by atoms with E-state index in [2.05, 4.69) is 27.2 Å². The maximum atomic E-state index is 15.2. The van der Waals surface area contributed by atoms with Gasteiger partial charge in [-0.25, -0.2) is 14.2 Å². The number of carbonyl (C=O) groups excluding carboxylic acids is 1. The number of carbonyl (C=O) groups is 1. The van der Waals surface area contributed by atoms with Gasteiger partial charge in [0.15, 0.2) is 5.65 Å². The molecule has 2 aromatic carbocycles. The molecule has 3 atom stereocenters. The van der Waals surface area contributed by atoms with E-state index in [0.717, 1.165) is 47.5 Å². The Morgan fingerprint density at radius 2 is 1.93 bits per heavy atom. The number of amides is 1. The molecule has 10 heteroatoms. The third-order valence-electron chi connectivity index (χ3n) is 8.46. The van der Waals surface area contributed by atoms with Gasteiger partial charge >= 0.3 is 6.09 Å². The number of benzene rings is 2. The molecule has 0 spiro atoms. The van der Waals surface area contributed by atoms with E-state index in [1.54, 1.807) is 11.0 Å². The Balaban J connectivity index is 1.49. The summed E-state index contributed by atoms with van der Waals surface area (Å²) < 4.78 is 27.5. The Bertz CT molecular complexity index is 1630. The first-order valence-corrected chi connectivity index (χ1v) is 15.3. The highest BCUT2D eigenvalue weighted by Gasteiger charge is 2.41. The number of phenolic OH excluding ortho intramolecular Hbond substituents is 1. The van der Waals surface area contributed by atoms with Gasteiger partial charge in [-0.3, -0.25) is 10.00 Å². The van der Waals surface area contributed by atoms with Gasteiger partial charge in [-0.05, 0) is 76.3 Å². The van der Waals surface area contributed by atoms with Crippen molar-refractivity contribution in [1.29, 1.82) is 0 Å². The summed E-state index contributed by atoms with van der Waals surface area (Å²) in [4.78, 5) is 22.2. The Morgan fingerprint density at radius 3 is 2.64 bits per heavy atom. The fourth-order valence-electron chi connectivity index (χ4n) is 6.49. The van der Waals surface area contributed by atoms with Crippen molar-refractivity contribution in [2.45, 2.75) is 70.7 Å². The van der Waals surface area contributed by atoms with Gasteiger partial charge in [0.2, 0.25) is 0 Å². The molecular formula is C34H40FN5O4. The zero-order valence-corrected chi connectivity index (χ0v) is 25.7. The van der Waals surface area contributed by atoms with E-state index in [9.17, 15) is 9.90 Å². The summed E-state index contributed by atoms with van der Waals surface area (Å²) in [5.41, 5.74) is 3.50. The van der Waals surface area contributed by atoms with E-state index < -0.39 is 11.4 Å². The van der Waals surface area contributed by atoms with E-state index in [0.29, 0.717) is 37.6 Å². The number of phenols is 1. The lowest BCUT2D eigenvalue weighted by Gasteiger charge is -2.48. The van der Waals surface area contributed by atoms with Crippen molar-refractivity contribution in [2.24, 2.45) is 0 Å². The number of aryl methyl sites for hydroxylation is 1. The summed E-state index contributed by atoms with van der Waals surface area (Å²) in [5, 5.41) is 18.3. The third-order valence-corrected chi connectivity index (χ3v) is 8.46. The Kier molecular flexibility index (Phi) is 8.30. The summed E-state index contributed by atoms with van der Waals surface area (Å²) in [6.07, 6.45) is 2.43. The Morgan fingerprint density at radius 1 is 1.14 bits per heavy atom. The minimum atomic E-state index is -0.601. The number of nitrogens with one attached hydrogen (secondary N) is 1. The SMILES string of the molecule is Cc1[nH]nc2nc(-c3ccc(O)cc3F)cc(C(C3CCCCO3)N3CCN(C(=O)OC(C)(C)C)CC3c3ccccc3)c12. The maximum absolute atomic E-state index is 15.2. The molecule has 6 rings (SSSR count). The predicted octanol–water partition coefficient (Wildman–Crippen LogP) is 6.68. The number of H-pyrrole nitrogens is 1. The first kappa shape index (κ1) is 30.0. The fraction of sp³-hybridized carbons (Fsp3) is 0.441. The van der Waals surface area contributed by atoms with Crippen molar-refractivity contribution in [2.75, 3.05) is 26.2 Å². The minimum Gasteiger partial charge on any atom is -0.508 e. The summed E-state index contributed by atoms with van der Waals surface area (Å²) in [7, 11) is 0. The molecule has 2 N–H and O–H groups in total. The standard InChI is InChI=1S/C34H40FN5O4/c1-21-30-25(19-27(36-32(30)38-37-21)24-14-13-23(41)18-26(24)35)31(29-12-8-9-17-43-29)40-16-15-39(33(42)44-34(2,3)4)20-28(40)22-10-6-5-7-11-22/h5-7,10-11,13-14,18-19,28-29,31,41H,8-9,12,15-17,20H2,1-4H3,(H,36,37,38). The van der Waals surface area contributed by atoms with Gasteiger partial charge in [0.05, 0.1) is 23.9 Å². The Labute approximate surface area is 257 Å². The van der Waals surface area contributed by atoms with Crippen molar-refractivity contribution in [3.8, 4) is 17.0 Å². The Hall–Kier alpha value is -4.02. The number of hydrogen-bond donors (Lipinski definition) is 2. The molecule has 4 heterocycles. The number of pyridine rings is 1. The summed E-state index contributed by atoms with van der Waals surface area (Å²) in [6, 6.07) is 15.9. The van der Waals surface area contributed by atoms with Crippen LogP contribution in [0.15, 0.2) is 54.6 Å². The number of piperazine rings is 1. The summed E-state index contributed by atoms with van der Waals surface area (Å²) >= 11 is 0. The van der Waals surface area contributed by atoms with Crippen LogP contribution in [-0.2, 0) is 9.47 Å². The highest BCUT2D eigenvalue weighted by Crippen LogP contribution is 2.43. The fourth-order valence-corrected chi connectivity index (χ4v) is 6.49. The second-order valence-corrected chi connectivity index (χ2v) is 12.7. The van der Waals surface area contributed by atoms with Gasteiger partial charge in [0.1, 0.15) is 17.2 Å². The molecule has 3 unspecified atom stereocenters. The largest absolute Gasteiger partial charge is 0.508 e. The van der Waals surface area contributed by atoms with Crippen molar-refractivity contribution in [3.05, 3.63) is 77.2 Å². The second-order valence-electron chi connectivity index (χ2n) is 12.7. The molecule has 2 aliphatic rings. The van der Waals surface area contributed by atoms with Crippen molar-refractivity contribution in [1.82, 2.24) is 25.0 Å². The van der Waals surface area contributed by atoms with Crippen molar-refractivity contribution >= 4 is 17.1 Å². The zero-order valence-electron chi connectivity index (χ0n) is 25.7. The number of aromatic nitrogens is 3. The van der Waals surface area contributed by atoms with Gasteiger partial charge in [-0.1, -0.05) is 30.3 Å². The molecule has 1 amide bonds.